The topological polar surface area (TPSA) is 61.8 Å². The van der Waals surface area contributed by atoms with E-state index in [4.69, 9.17) is 14.2 Å². The first-order chi connectivity index (χ1) is 10.1. The summed E-state index contributed by atoms with van der Waals surface area (Å²) in [4.78, 5) is 23.4. The lowest BCUT2D eigenvalue weighted by molar-refractivity contribution is -0.143. The molecule has 0 unspecified atom stereocenters. The highest BCUT2D eigenvalue weighted by molar-refractivity contribution is 5.91. The Hall–Kier alpha value is -2.04. The van der Waals surface area contributed by atoms with Gasteiger partial charge in [0, 0.05) is 6.42 Å². The third-order valence-corrected chi connectivity index (χ3v) is 3.20. The van der Waals surface area contributed by atoms with E-state index < -0.39 is 5.97 Å². The Balaban J connectivity index is 3.08. The molecule has 5 heteroatoms. The number of carbonyl (C=O) groups excluding carboxylic acids is 2. The van der Waals surface area contributed by atoms with E-state index in [9.17, 15) is 9.59 Å². The van der Waals surface area contributed by atoms with Gasteiger partial charge in [-0.15, -0.1) is 0 Å². The Kier molecular flexibility index (Phi) is 6.72. The first-order valence-corrected chi connectivity index (χ1v) is 7.01. The Morgan fingerprint density at radius 2 is 1.81 bits per heavy atom. The van der Waals surface area contributed by atoms with Gasteiger partial charge in [-0.1, -0.05) is 6.92 Å². The highest BCUT2D eigenvalue weighted by Crippen LogP contribution is 2.26. The Bertz CT molecular complexity index is 508. The molecule has 0 aliphatic heterocycles. The van der Waals surface area contributed by atoms with E-state index in [0.29, 0.717) is 24.3 Å². The average molecular weight is 294 g/mol. The zero-order valence-corrected chi connectivity index (χ0v) is 13.0. The number of aryl methyl sites for hydroxylation is 2. The lowest BCUT2D eigenvalue weighted by Gasteiger charge is -2.13. The summed E-state index contributed by atoms with van der Waals surface area (Å²) in [6, 6.07) is 3.56. The van der Waals surface area contributed by atoms with Gasteiger partial charge in [-0.2, -0.15) is 0 Å². The fraction of sp³-hybridized carbons (Fsp3) is 0.500. The second-order valence-electron chi connectivity index (χ2n) is 4.47. The molecule has 0 spiro atoms. The molecule has 0 bridgehead atoms. The Morgan fingerprint density at radius 3 is 2.33 bits per heavy atom. The first kappa shape index (κ1) is 17.0. The molecule has 0 heterocycles. The molecule has 116 valence electrons. The van der Waals surface area contributed by atoms with E-state index in [0.717, 1.165) is 17.5 Å². The summed E-state index contributed by atoms with van der Waals surface area (Å²) >= 11 is 0. The summed E-state index contributed by atoms with van der Waals surface area (Å²) < 4.78 is 15.0. The fourth-order valence-corrected chi connectivity index (χ4v) is 2.11. The van der Waals surface area contributed by atoms with Crippen molar-refractivity contribution >= 4 is 11.9 Å². The standard InChI is InChI=1S/C16H22O5/c1-5-11-9-13(16(18)20-4)12(10-14(11)19-3)7-8-15(17)21-6-2/h9-10H,5-8H2,1-4H3. The van der Waals surface area contributed by atoms with Crippen LogP contribution in [0, 0.1) is 0 Å². The molecule has 0 saturated heterocycles. The van der Waals surface area contributed by atoms with E-state index >= 15 is 0 Å². The predicted molar refractivity (Wildman–Crippen MR) is 78.7 cm³/mol. The number of esters is 2. The highest BCUT2D eigenvalue weighted by atomic mass is 16.5. The van der Waals surface area contributed by atoms with Crippen LogP contribution >= 0.6 is 0 Å². The van der Waals surface area contributed by atoms with Gasteiger partial charge in [0.05, 0.1) is 26.4 Å². The van der Waals surface area contributed by atoms with Gasteiger partial charge in [0.2, 0.25) is 0 Å². The van der Waals surface area contributed by atoms with E-state index in [1.54, 1.807) is 26.2 Å². The molecule has 1 aromatic rings. The van der Waals surface area contributed by atoms with Crippen molar-refractivity contribution in [2.75, 3.05) is 20.8 Å². The lowest BCUT2D eigenvalue weighted by Crippen LogP contribution is -2.11. The number of ether oxygens (including phenoxy) is 3. The van der Waals surface area contributed by atoms with Crippen molar-refractivity contribution in [2.45, 2.75) is 33.1 Å². The Morgan fingerprint density at radius 1 is 1.10 bits per heavy atom. The summed E-state index contributed by atoms with van der Waals surface area (Å²) in [6.07, 6.45) is 1.36. The van der Waals surface area contributed by atoms with E-state index in [1.807, 2.05) is 6.92 Å². The summed E-state index contributed by atoms with van der Waals surface area (Å²) in [5.74, 6) is 0.0158. The van der Waals surface area contributed by atoms with Crippen molar-refractivity contribution in [3.8, 4) is 5.75 Å². The molecule has 5 nitrogen and oxygen atoms in total. The highest BCUT2D eigenvalue weighted by Gasteiger charge is 2.17. The van der Waals surface area contributed by atoms with Crippen molar-refractivity contribution in [1.29, 1.82) is 0 Å². The van der Waals surface area contributed by atoms with Crippen molar-refractivity contribution in [3.05, 3.63) is 28.8 Å². The summed E-state index contributed by atoms with van der Waals surface area (Å²) in [6.45, 7) is 4.09. The molecule has 0 aliphatic rings. The van der Waals surface area contributed by atoms with E-state index in [2.05, 4.69) is 0 Å². The number of rotatable bonds is 7. The van der Waals surface area contributed by atoms with E-state index in [-0.39, 0.29) is 12.4 Å². The average Bonchev–Trinajstić information content (AvgIpc) is 2.51. The van der Waals surface area contributed by atoms with Gasteiger partial charge in [0.25, 0.3) is 0 Å². The molecule has 1 rings (SSSR count). The molecule has 0 atom stereocenters. The molecule has 0 N–H and O–H groups in total. The molecule has 1 aromatic carbocycles. The minimum atomic E-state index is -0.411. The quantitative estimate of drug-likeness (QED) is 0.723. The molecule has 0 fully saturated rings. The van der Waals surface area contributed by atoms with Crippen LogP contribution in [0.4, 0.5) is 0 Å². The van der Waals surface area contributed by atoms with Crippen LogP contribution in [0.1, 0.15) is 41.8 Å². The second kappa shape index (κ2) is 8.29. The van der Waals surface area contributed by atoms with Crippen LogP contribution in [-0.2, 0) is 27.1 Å². The van der Waals surface area contributed by atoms with Crippen molar-refractivity contribution in [3.63, 3.8) is 0 Å². The SMILES string of the molecule is CCOC(=O)CCc1cc(OC)c(CC)cc1C(=O)OC. The van der Waals surface area contributed by atoms with Crippen LogP contribution in [-0.4, -0.2) is 32.8 Å². The zero-order chi connectivity index (χ0) is 15.8. The molecule has 0 amide bonds. The monoisotopic (exact) mass is 294 g/mol. The maximum atomic E-state index is 11.9. The minimum absolute atomic E-state index is 0.215. The van der Waals surface area contributed by atoms with E-state index in [1.165, 1.54) is 7.11 Å². The number of hydrogen-bond acceptors (Lipinski definition) is 5. The van der Waals surface area contributed by atoms with Crippen LogP contribution in [0.25, 0.3) is 0 Å². The van der Waals surface area contributed by atoms with Crippen LogP contribution in [0.15, 0.2) is 12.1 Å². The lowest BCUT2D eigenvalue weighted by atomic mass is 9.98. The maximum absolute atomic E-state index is 11.9. The third kappa shape index (κ3) is 4.48. The van der Waals surface area contributed by atoms with Crippen molar-refractivity contribution in [2.24, 2.45) is 0 Å². The molecule has 0 aliphatic carbocycles. The summed E-state index contributed by atoms with van der Waals surface area (Å²) in [5.41, 5.74) is 2.13. The van der Waals surface area contributed by atoms with Crippen molar-refractivity contribution < 1.29 is 23.8 Å². The largest absolute Gasteiger partial charge is 0.496 e. The van der Waals surface area contributed by atoms with Gasteiger partial charge < -0.3 is 14.2 Å². The first-order valence-electron chi connectivity index (χ1n) is 7.01. The number of hydrogen-bond donors (Lipinski definition) is 0. The van der Waals surface area contributed by atoms with Gasteiger partial charge in [-0.05, 0) is 43.0 Å². The van der Waals surface area contributed by atoms with Crippen LogP contribution in [0.3, 0.4) is 0 Å². The molecule has 21 heavy (non-hydrogen) atoms. The smallest absolute Gasteiger partial charge is 0.338 e. The Labute approximate surface area is 125 Å². The molecule has 0 saturated carbocycles. The van der Waals surface area contributed by atoms with Crippen LogP contribution in [0.2, 0.25) is 0 Å². The van der Waals surface area contributed by atoms with Crippen LogP contribution in [0.5, 0.6) is 5.75 Å². The van der Waals surface area contributed by atoms with Gasteiger partial charge >= 0.3 is 11.9 Å². The normalized spacial score (nSPS) is 10.1. The maximum Gasteiger partial charge on any atom is 0.338 e. The number of methoxy groups -OCH3 is 2. The zero-order valence-electron chi connectivity index (χ0n) is 13.0. The van der Waals surface area contributed by atoms with Crippen molar-refractivity contribution in [1.82, 2.24) is 0 Å². The molecule has 0 radical (unpaired) electrons. The summed E-state index contributed by atoms with van der Waals surface area (Å²) in [5, 5.41) is 0. The van der Waals surface area contributed by atoms with Gasteiger partial charge in [-0.3, -0.25) is 4.79 Å². The summed E-state index contributed by atoms with van der Waals surface area (Å²) in [7, 11) is 2.93. The number of benzene rings is 1. The third-order valence-electron chi connectivity index (χ3n) is 3.20. The fourth-order valence-electron chi connectivity index (χ4n) is 2.11. The van der Waals surface area contributed by atoms with Gasteiger partial charge in [0.15, 0.2) is 0 Å². The molecular formula is C16H22O5. The van der Waals surface area contributed by atoms with Gasteiger partial charge in [0.1, 0.15) is 5.75 Å². The second-order valence-corrected chi connectivity index (χ2v) is 4.47. The van der Waals surface area contributed by atoms with Crippen LogP contribution < -0.4 is 4.74 Å². The number of carbonyl (C=O) groups is 2. The minimum Gasteiger partial charge on any atom is -0.496 e. The molecule has 0 aromatic heterocycles. The molecular weight excluding hydrogens is 272 g/mol. The predicted octanol–water partition coefficient (Wildman–Crippen LogP) is 2.54. The van der Waals surface area contributed by atoms with Gasteiger partial charge in [-0.25, -0.2) is 4.79 Å².